The fourth-order valence-corrected chi connectivity index (χ4v) is 3.99. The van der Waals surface area contributed by atoms with Gasteiger partial charge in [0.2, 0.25) is 0 Å². The molecule has 28 heavy (non-hydrogen) atoms. The molecular weight excluding hydrogens is 397 g/mol. The number of aromatic amines is 1. The Morgan fingerprint density at radius 2 is 2.07 bits per heavy atom. The van der Waals surface area contributed by atoms with Crippen LogP contribution in [0, 0.1) is 5.92 Å². The lowest BCUT2D eigenvalue weighted by molar-refractivity contribution is 0.0536. The number of halogens is 2. The summed E-state index contributed by atoms with van der Waals surface area (Å²) in [6.07, 6.45) is 2.64. The first kappa shape index (κ1) is 19.2. The fraction of sp³-hybridized carbons (Fsp3) is 0.333. The average Bonchev–Trinajstić information content (AvgIpc) is 3.11. The van der Waals surface area contributed by atoms with Crippen molar-refractivity contribution in [2.75, 3.05) is 19.8 Å². The third-order valence-electron chi connectivity index (χ3n) is 5.00. The summed E-state index contributed by atoms with van der Waals surface area (Å²) >= 11 is 12.5. The zero-order valence-electron chi connectivity index (χ0n) is 15.3. The number of ether oxygens (including phenoxy) is 1. The van der Waals surface area contributed by atoms with Crippen molar-refractivity contribution in [3.05, 3.63) is 63.4 Å². The van der Waals surface area contributed by atoms with E-state index in [0.29, 0.717) is 41.1 Å². The van der Waals surface area contributed by atoms with E-state index in [-0.39, 0.29) is 5.91 Å². The highest BCUT2D eigenvalue weighted by atomic mass is 35.5. The molecule has 1 aromatic heterocycles. The molecule has 0 bridgehead atoms. The van der Waals surface area contributed by atoms with Gasteiger partial charge in [-0.3, -0.25) is 4.79 Å². The Labute approximate surface area is 173 Å². The van der Waals surface area contributed by atoms with Crippen molar-refractivity contribution in [2.45, 2.75) is 19.3 Å². The normalized spacial score (nSPS) is 17.0. The summed E-state index contributed by atoms with van der Waals surface area (Å²) in [7, 11) is 0. The van der Waals surface area contributed by atoms with Crippen molar-refractivity contribution in [3.63, 3.8) is 0 Å². The molecule has 3 aromatic rings. The zero-order valence-corrected chi connectivity index (χ0v) is 16.8. The van der Waals surface area contributed by atoms with Gasteiger partial charge < -0.3 is 15.0 Å². The van der Waals surface area contributed by atoms with E-state index in [1.165, 1.54) is 0 Å². The van der Waals surface area contributed by atoms with E-state index >= 15 is 0 Å². The molecule has 0 radical (unpaired) electrons. The summed E-state index contributed by atoms with van der Waals surface area (Å²) in [6.45, 7) is 2.17. The Bertz CT molecular complexity index is 976. The van der Waals surface area contributed by atoms with Gasteiger partial charge in [0.1, 0.15) is 5.82 Å². The number of hydrogen-bond donors (Lipinski definition) is 2. The number of hydrogen-bond acceptors (Lipinski definition) is 3. The SMILES string of the molecule is O=C(NCC1CCCOC1)c1ccc2nc(Cc3c(Cl)cccc3Cl)[nH]c2c1. The van der Waals surface area contributed by atoms with Crippen LogP contribution in [0.4, 0.5) is 0 Å². The van der Waals surface area contributed by atoms with E-state index in [4.69, 9.17) is 27.9 Å². The summed E-state index contributed by atoms with van der Waals surface area (Å²) in [4.78, 5) is 20.4. The lowest BCUT2D eigenvalue weighted by Crippen LogP contribution is -2.33. The van der Waals surface area contributed by atoms with Gasteiger partial charge in [-0.05, 0) is 54.7 Å². The van der Waals surface area contributed by atoms with Crippen molar-refractivity contribution in [1.29, 1.82) is 0 Å². The summed E-state index contributed by atoms with van der Waals surface area (Å²) in [5.74, 6) is 1.06. The van der Waals surface area contributed by atoms with Crippen LogP contribution in [0.2, 0.25) is 10.0 Å². The molecule has 2 N–H and O–H groups in total. The highest BCUT2D eigenvalue weighted by molar-refractivity contribution is 6.36. The second-order valence-electron chi connectivity index (χ2n) is 7.09. The number of carbonyl (C=O) groups excluding carboxylic acids is 1. The molecule has 0 spiro atoms. The molecule has 1 aliphatic heterocycles. The second-order valence-corrected chi connectivity index (χ2v) is 7.90. The van der Waals surface area contributed by atoms with Gasteiger partial charge in [0.25, 0.3) is 5.91 Å². The Morgan fingerprint density at radius 3 is 2.82 bits per heavy atom. The molecule has 4 rings (SSSR count). The highest BCUT2D eigenvalue weighted by Crippen LogP contribution is 2.27. The number of H-pyrrole nitrogens is 1. The lowest BCUT2D eigenvalue weighted by Gasteiger charge is -2.22. The summed E-state index contributed by atoms with van der Waals surface area (Å²) in [6, 6.07) is 10.9. The number of benzene rings is 2. The number of nitrogens with zero attached hydrogens (tertiary/aromatic N) is 1. The number of nitrogens with one attached hydrogen (secondary N) is 2. The summed E-state index contributed by atoms with van der Waals surface area (Å²) < 4.78 is 5.46. The maximum absolute atomic E-state index is 12.5. The molecule has 2 aromatic carbocycles. The van der Waals surface area contributed by atoms with Crippen molar-refractivity contribution in [3.8, 4) is 0 Å². The molecule has 2 heterocycles. The number of aromatic nitrogens is 2. The number of fused-ring (bicyclic) bond motifs is 1. The summed E-state index contributed by atoms with van der Waals surface area (Å²) in [5, 5.41) is 4.23. The van der Waals surface area contributed by atoms with Crippen molar-refractivity contribution in [2.24, 2.45) is 5.92 Å². The molecule has 1 atom stereocenters. The van der Waals surface area contributed by atoms with E-state index in [2.05, 4.69) is 15.3 Å². The van der Waals surface area contributed by atoms with Gasteiger partial charge in [-0.15, -0.1) is 0 Å². The van der Waals surface area contributed by atoms with Crippen LogP contribution in [0.25, 0.3) is 11.0 Å². The van der Waals surface area contributed by atoms with Crippen LogP contribution in [-0.4, -0.2) is 35.6 Å². The molecule has 1 unspecified atom stereocenters. The van der Waals surface area contributed by atoms with E-state index in [0.717, 1.165) is 41.9 Å². The molecule has 1 fully saturated rings. The standard InChI is InChI=1S/C21H21Cl2N3O2/c22-16-4-1-5-17(23)15(16)10-20-25-18-7-6-14(9-19(18)26-20)21(27)24-11-13-3-2-8-28-12-13/h1,4-7,9,13H,2-3,8,10-12H2,(H,24,27)(H,25,26). The molecule has 1 aliphatic rings. The van der Waals surface area contributed by atoms with Crippen molar-refractivity contribution < 1.29 is 9.53 Å². The third kappa shape index (κ3) is 4.32. The number of rotatable bonds is 5. The predicted octanol–water partition coefficient (Wildman–Crippen LogP) is 4.62. The quantitative estimate of drug-likeness (QED) is 0.636. The topological polar surface area (TPSA) is 67.0 Å². The van der Waals surface area contributed by atoms with Crippen LogP contribution in [0.5, 0.6) is 0 Å². The third-order valence-corrected chi connectivity index (χ3v) is 5.71. The Morgan fingerprint density at radius 1 is 1.25 bits per heavy atom. The molecule has 7 heteroatoms. The smallest absolute Gasteiger partial charge is 0.251 e. The second kappa shape index (κ2) is 8.52. The van der Waals surface area contributed by atoms with Crippen LogP contribution >= 0.6 is 23.2 Å². The first-order valence-electron chi connectivity index (χ1n) is 9.37. The summed E-state index contributed by atoms with van der Waals surface area (Å²) in [5.41, 5.74) is 3.05. The minimum Gasteiger partial charge on any atom is -0.381 e. The lowest BCUT2D eigenvalue weighted by atomic mass is 10.0. The molecule has 146 valence electrons. The van der Waals surface area contributed by atoms with E-state index in [1.54, 1.807) is 6.07 Å². The van der Waals surface area contributed by atoms with E-state index in [9.17, 15) is 4.79 Å². The first-order valence-corrected chi connectivity index (χ1v) is 10.1. The van der Waals surface area contributed by atoms with Crippen LogP contribution in [0.1, 0.15) is 34.6 Å². The number of carbonyl (C=O) groups is 1. The Hall–Kier alpha value is -2.08. The van der Waals surface area contributed by atoms with Crippen LogP contribution < -0.4 is 5.32 Å². The zero-order chi connectivity index (χ0) is 19.5. The largest absolute Gasteiger partial charge is 0.381 e. The van der Waals surface area contributed by atoms with E-state index < -0.39 is 0 Å². The van der Waals surface area contributed by atoms with Crippen LogP contribution in [-0.2, 0) is 11.2 Å². The Balaban J connectivity index is 1.47. The van der Waals surface area contributed by atoms with Gasteiger partial charge in [0.15, 0.2) is 0 Å². The molecule has 1 saturated heterocycles. The maximum Gasteiger partial charge on any atom is 0.251 e. The molecule has 0 aliphatic carbocycles. The Kier molecular flexibility index (Phi) is 5.85. The maximum atomic E-state index is 12.5. The van der Waals surface area contributed by atoms with Crippen LogP contribution in [0.15, 0.2) is 36.4 Å². The molecular formula is C21H21Cl2N3O2. The van der Waals surface area contributed by atoms with Gasteiger partial charge in [0.05, 0.1) is 17.6 Å². The van der Waals surface area contributed by atoms with Crippen LogP contribution in [0.3, 0.4) is 0 Å². The highest BCUT2D eigenvalue weighted by Gasteiger charge is 2.16. The fourth-order valence-electron chi connectivity index (χ4n) is 3.46. The van der Waals surface area contributed by atoms with E-state index in [1.807, 2.05) is 30.3 Å². The van der Waals surface area contributed by atoms with Gasteiger partial charge in [-0.2, -0.15) is 0 Å². The molecule has 0 saturated carbocycles. The monoisotopic (exact) mass is 417 g/mol. The van der Waals surface area contributed by atoms with Crippen molar-refractivity contribution in [1.82, 2.24) is 15.3 Å². The van der Waals surface area contributed by atoms with Gasteiger partial charge in [0, 0.05) is 35.2 Å². The van der Waals surface area contributed by atoms with Gasteiger partial charge in [-0.25, -0.2) is 4.98 Å². The minimum atomic E-state index is -0.0854. The first-order chi connectivity index (χ1) is 13.6. The van der Waals surface area contributed by atoms with Gasteiger partial charge >= 0.3 is 0 Å². The number of amides is 1. The van der Waals surface area contributed by atoms with Crippen molar-refractivity contribution >= 4 is 40.1 Å². The minimum absolute atomic E-state index is 0.0854. The predicted molar refractivity (Wildman–Crippen MR) is 111 cm³/mol. The molecule has 5 nitrogen and oxygen atoms in total. The number of imidazole rings is 1. The van der Waals surface area contributed by atoms with Gasteiger partial charge in [-0.1, -0.05) is 29.3 Å². The average molecular weight is 418 g/mol. The molecule has 1 amide bonds.